The Balaban J connectivity index is 5.12. The van der Waals surface area contributed by atoms with E-state index < -0.39 is 11.8 Å². The lowest BCUT2D eigenvalue weighted by Gasteiger charge is -2.43. The first-order chi connectivity index (χ1) is 11.1. The summed E-state index contributed by atoms with van der Waals surface area (Å²) in [5.41, 5.74) is 0. The minimum atomic E-state index is -0.874. The fraction of sp³-hybridized carbons (Fsp3) is 1.00. The largest absolute Gasteiger partial charge is 0.338 e. The number of ether oxygens (including phenoxy) is 4. The normalized spacial score (nSPS) is 17.0. The molecule has 5 nitrogen and oxygen atoms in total. The maximum Gasteiger partial charge on any atom is 0.231 e. The number of hydrogen-bond donors (Lipinski definition) is 1. The molecule has 0 aliphatic carbocycles. The molecule has 0 aliphatic rings. The van der Waals surface area contributed by atoms with Gasteiger partial charge in [0.05, 0.1) is 13.2 Å². The number of rotatable bonds is 16. The van der Waals surface area contributed by atoms with Crippen molar-refractivity contribution in [3.63, 3.8) is 0 Å². The maximum atomic E-state index is 6.08. The van der Waals surface area contributed by atoms with Crippen LogP contribution in [-0.4, -0.2) is 38.2 Å². The van der Waals surface area contributed by atoms with E-state index in [1.165, 1.54) is 0 Å². The fourth-order valence-corrected chi connectivity index (χ4v) is 2.33. The SMILES string of the molecule is CCCCOC(CC)(NC(CC)(OCC)OCCCC)OCC. The van der Waals surface area contributed by atoms with Gasteiger partial charge in [-0.3, -0.25) is 0 Å². The second-order valence-corrected chi connectivity index (χ2v) is 5.61. The van der Waals surface area contributed by atoms with Crippen LogP contribution in [0.2, 0.25) is 0 Å². The molecule has 2 unspecified atom stereocenters. The molecule has 140 valence electrons. The molecule has 0 amide bonds. The van der Waals surface area contributed by atoms with Gasteiger partial charge in [-0.25, -0.2) is 5.32 Å². The molecule has 0 radical (unpaired) electrons. The van der Waals surface area contributed by atoms with Gasteiger partial charge in [0.15, 0.2) is 0 Å². The van der Waals surface area contributed by atoms with Crippen molar-refractivity contribution < 1.29 is 18.9 Å². The van der Waals surface area contributed by atoms with Gasteiger partial charge in [0.2, 0.25) is 11.8 Å². The van der Waals surface area contributed by atoms with Gasteiger partial charge < -0.3 is 18.9 Å². The maximum absolute atomic E-state index is 6.08. The topological polar surface area (TPSA) is 49.0 Å². The molecule has 0 rings (SSSR count). The number of nitrogens with one attached hydrogen (secondary N) is 1. The van der Waals surface area contributed by atoms with Crippen LogP contribution >= 0.6 is 0 Å². The van der Waals surface area contributed by atoms with Crippen LogP contribution in [0, 0.1) is 0 Å². The smallest absolute Gasteiger partial charge is 0.231 e. The van der Waals surface area contributed by atoms with E-state index in [9.17, 15) is 0 Å². The molecule has 1 N–H and O–H groups in total. The second kappa shape index (κ2) is 13.1. The van der Waals surface area contributed by atoms with E-state index in [1.54, 1.807) is 0 Å². The van der Waals surface area contributed by atoms with Gasteiger partial charge in [-0.1, -0.05) is 40.5 Å². The van der Waals surface area contributed by atoms with E-state index in [1.807, 2.05) is 27.7 Å². The molecule has 5 heteroatoms. The van der Waals surface area contributed by atoms with Crippen molar-refractivity contribution in [2.45, 2.75) is 91.9 Å². The van der Waals surface area contributed by atoms with E-state index in [-0.39, 0.29) is 0 Å². The first kappa shape index (κ1) is 22.8. The van der Waals surface area contributed by atoms with Crippen molar-refractivity contribution in [1.82, 2.24) is 5.32 Å². The highest BCUT2D eigenvalue weighted by atomic mass is 16.8. The predicted molar refractivity (Wildman–Crippen MR) is 94.2 cm³/mol. The summed E-state index contributed by atoms with van der Waals surface area (Å²) in [5.74, 6) is -1.75. The van der Waals surface area contributed by atoms with Crippen molar-refractivity contribution in [3.8, 4) is 0 Å². The van der Waals surface area contributed by atoms with Crippen LogP contribution in [0.5, 0.6) is 0 Å². The highest BCUT2D eigenvalue weighted by molar-refractivity contribution is 4.75. The molecule has 0 aromatic rings. The summed E-state index contributed by atoms with van der Waals surface area (Å²) >= 11 is 0. The van der Waals surface area contributed by atoms with Gasteiger partial charge in [0.1, 0.15) is 0 Å². The molecule has 0 aromatic carbocycles. The third-order valence-electron chi connectivity index (χ3n) is 3.73. The lowest BCUT2D eigenvalue weighted by atomic mass is 10.2. The average Bonchev–Trinajstić information content (AvgIpc) is 2.55. The van der Waals surface area contributed by atoms with Crippen LogP contribution in [0.1, 0.15) is 80.1 Å². The molecule has 0 spiro atoms. The summed E-state index contributed by atoms with van der Waals surface area (Å²) in [6.45, 7) is 14.8. The van der Waals surface area contributed by atoms with Crippen LogP contribution in [0.3, 0.4) is 0 Å². The van der Waals surface area contributed by atoms with E-state index >= 15 is 0 Å². The summed E-state index contributed by atoms with van der Waals surface area (Å²) in [6.07, 6.45) is 5.53. The number of hydrogen-bond acceptors (Lipinski definition) is 5. The van der Waals surface area contributed by atoms with Crippen molar-refractivity contribution in [3.05, 3.63) is 0 Å². The molecular formula is C18H39NO4. The zero-order valence-corrected chi connectivity index (χ0v) is 16.2. The average molecular weight is 334 g/mol. The molecule has 0 fully saturated rings. The summed E-state index contributed by atoms with van der Waals surface area (Å²) in [5, 5.41) is 3.41. The first-order valence-corrected chi connectivity index (χ1v) is 9.42. The lowest BCUT2D eigenvalue weighted by molar-refractivity contribution is -0.344. The first-order valence-electron chi connectivity index (χ1n) is 9.42. The molecule has 0 bridgehead atoms. The molecular weight excluding hydrogens is 294 g/mol. The van der Waals surface area contributed by atoms with Gasteiger partial charge in [0.25, 0.3) is 0 Å². The third kappa shape index (κ3) is 8.45. The Kier molecular flexibility index (Phi) is 13.0. The Bertz CT molecular complexity index is 252. The monoisotopic (exact) mass is 333 g/mol. The van der Waals surface area contributed by atoms with E-state index in [0.717, 1.165) is 25.7 Å². The molecule has 0 saturated heterocycles. The quantitative estimate of drug-likeness (QED) is 0.335. The molecule has 0 heterocycles. The molecule has 0 saturated carbocycles. The van der Waals surface area contributed by atoms with Crippen molar-refractivity contribution >= 4 is 0 Å². The molecule has 0 aromatic heterocycles. The third-order valence-corrected chi connectivity index (χ3v) is 3.73. The molecule has 2 atom stereocenters. The van der Waals surface area contributed by atoms with E-state index in [2.05, 4.69) is 19.2 Å². The second-order valence-electron chi connectivity index (χ2n) is 5.61. The Hall–Kier alpha value is -0.200. The van der Waals surface area contributed by atoms with Gasteiger partial charge in [-0.15, -0.1) is 0 Å². The van der Waals surface area contributed by atoms with Gasteiger partial charge in [-0.2, -0.15) is 0 Å². The van der Waals surface area contributed by atoms with Crippen molar-refractivity contribution in [2.75, 3.05) is 26.4 Å². The standard InChI is InChI=1S/C18H39NO4/c1-7-13-15-22-17(9-3,20-11-5)19-18(10-4,21-12-6)23-16-14-8-2/h19H,7-16H2,1-6H3. The van der Waals surface area contributed by atoms with Crippen LogP contribution in [0.4, 0.5) is 0 Å². The zero-order valence-electron chi connectivity index (χ0n) is 16.2. The minimum Gasteiger partial charge on any atom is -0.338 e. The summed E-state index contributed by atoms with van der Waals surface area (Å²) in [6, 6.07) is 0. The van der Waals surface area contributed by atoms with Crippen LogP contribution < -0.4 is 5.32 Å². The Morgan fingerprint density at radius 2 is 1.00 bits per heavy atom. The Labute approximate surface area is 143 Å². The number of unbranched alkanes of at least 4 members (excludes halogenated alkanes) is 2. The molecule has 23 heavy (non-hydrogen) atoms. The summed E-state index contributed by atoms with van der Waals surface area (Å²) < 4.78 is 24.0. The zero-order chi connectivity index (χ0) is 17.6. The van der Waals surface area contributed by atoms with Crippen molar-refractivity contribution in [2.24, 2.45) is 0 Å². The lowest BCUT2D eigenvalue weighted by Crippen LogP contribution is -2.63. The van der Waals surface area contributed by atoms with E-state index in [0.29, 0.717) is 39.3 Å². The summed E-state index contributed by atoms with van der Waals surface area (Å²) in [7, 11) is 0. The highest BCUT2D eigenvalue weighted by Crippen LogP contribution is 2.25. The van der Waals surface area contributed by atoms with E-state index in [4.69, 9.17) is 18.9 Å². The van der Waals surface area contributed by atoms with Gasteiger partial charge in [-0.05, 0) is 26.7 Å². The molecule has 0 aliphatic heterocycles. The van der Waals surface area contributed by atoms with Gasteiger partial charge >= 0.3 is 0 Å². The van der Waals surface area contributed by atoms with Gasteiger partial charge in [0, 0.05) is 26.1 Å². The predicted octanol–water partition coefficient (Wildman–Crippen LogP) is 4.41. The minimum absolute atomic E-state index is 0.563. The summed E-state index contributed by atoms with van der Waals surface area (Å²) in [4.78, 5) is 0. The van der Waals surface area contributed by atoms with Crippen LogP contribution in [-0.2, 0) is 18.9 Å². The Morgan fingerprint density at radius 3 is 1.26 bits per heavy atom. The fourth-order valence-electron chi connectivity index (χ4n) is 2.33. The highest BCUT2D eigenvalue weighted by Gasteiger charge is 2.41. The van der Waals surface area contributed by atoms with Crippen LogP contribution in [0.25, 0.3) is 0 Å². The Morgan fingerprint density at radius 1 is 0.609 bits per heavy atom. The van der Waals surface area contributed by atoms with Crippen LogP contribution in [0.15, 0.2) is 0 Å². The van der Waals surface area contributed by atoms with Crippen molar-refractivity contribution in [1.29, 1.82) is 0 Å².